The maximum atomic E-state index is 13.1. The van der Waals surface area contributed by atoms with Gasteiger partial charge in [-0.05, 0) is 85.8 Å². The van der Waals surface area contributed by atoms with Gasteiger partial charge in [0, 0.05) is 24.5 Å². The number of carbonyl (C=O) groups is 1. The lowest BCUT2D eigenvalue weighted by Gasteiger charge is -2.29. The second-order valence-corrected chi connectivity index (χ2v) is 13.2. The van der Waals surface area contributed by atoms with E-state index in [0.717, 1.165) is 18.4 Å². The number of nitrogens with zero attached hydrogens (tertiary/aromatic N) is 1. The maximum absolute atomic E-state index is 13.1. The molecule has 1 heterocycles. The quantitative estimate of drug-likeness (QED) is 0.415. The third-order valence-corrected chi connectivity index (χ3v) is 9.88. The molecular formula is C26H28ClN3O5S2. The van der Waals surface area contributed by atoms with E-state index in [4.69, 9.17) is 11.6 Å². The van der Waals surface area contributed by atoms with Gasteiger partial charge in [0.25, 0.3) is 15.9 Å². The van der Waals surface area contributed by atoms with Crippen molar-refractivity contribution >= 4 is 48.9 Å². The van der Waals surface area contributed by atoms with Crippen LogP contribution in [0, 0.1) is 12.8 Å². The normalized spacial score (nSPS) is 15.3. The lowest BCUT2D eigenvalue weighted by atomic mass is 10.0. The number of anilines is 2. The summed E-state index contributed by atoms with van der Waals surface area (Å²) in [7, 11) is -7.59. The van der Waals surface area contributed by atoms with Crippen LogP contribution in [0.1, 0.15) is 35.7 Å². The van der Waals surface area contributed by atoms with Gasteiger partial charge in [0.05, 0.1) is 20.4 Å². The summed E-state index contributed by atoms with van der Waals surface area (Å²) in [5, 5.41) is 2.75. The molecule has 196 valence electrons. The molecule has 4 rings (SSSR count). The molecular weight excluding hydrogens is 534 g/mol. The second kappa shape index (κ2) is 10.8. The summed E-state index contributed by atoms with van der Waals surface area (Å²) >= 11 is 6.23. The Morgan fingerprint density at radius 3 is 2.19 bits per heavy atom. The summed E-state index contributed by atoms with van der Waals surface area (Å²) in [6, 6.07) is 16.7. The van der Waals surface area contributed by atoms with Gasteiger partial charge >= 0.3 is 0 Å². The van der Waals surface area contributed by atoms with Gasteiger partial charge in [0.2, 0.25) is 10.0 Å². The molecule has 0 bridgehead atoms. The first-order valence-corrected chi connectivity index (χ1v) is 15.1. The molecule has 37 heavy (non-hydrogen) atoms. The molecule has 0 spiro atoms. The van der Waals surface area contributed by atoms with Crippen molar-refractivity contribution in [1.82, 2.24) is 4.31 Å². The molecule has 1 saturated heterocycles. The molecule has 2 N–H and O–H groups in total. The number of benzene rings is 3. The van der Waals surface area contributed by atoms with Crippen molar-refractivity contribution in [3.05, 3.63) is 82.9 Å². The standard InChI is InChI=1S/C26H28ClN3O5S2/c1-18-12-14-30(15-13-18)37(34,35)23-10-11-25(27)24(17-23)26(31)28-20-6-8-22(9-7-20)36(32,33)29-21-5-3-4-19(2)16-21/h3-11,16-18,29H,12-15H2,1-2H3,(H,28,31). The predicted molar refractivity (Wildman–Crippen MR) is 145 cm³/mol. The average molecular weight is 562 g/mol. The Bertz CT molecular complexity index is 1520. The maximum Gasteiger partial charge on any atom is 0.261 e. The van der Waals surface area contributed by atoms with Crippen LogP contribution in [0.15, 0.2) is 76.5 Å². The SMILES string of the molecule is Cc1cccc(NS(=O)(=O)c2ccc(NC(=O)c3cc(S(=O)(=O)N4CCC(C)CC4)ccc3Cl)cc2)c1. The lowest BCUT2D eigenvalue weighted by molar-refractivity contribution is 0.102. The number of hydrogen-bond donors (Lipinski definition) is 2. The number of aryl methyl sites for hydroxylation is 1. The number of piperidine rings is 1. The lowest BCUT2D eigenvalue weighted by Crippen LogP contribution is -2.37. The Morgan fingerprint density at radius 1 is 0.892 bits per heavy atom. The van der Waals surface area contributed by atoms with Crippen molar-refractivity contribution in [2.45, 2.75) is 36.5 Å². The largest absolute Gasteiger partial charge is 0.322 e. The van der Waals surface area contributed by atoms with E-state index < -0.39 is 26.0 Å². The molecule has 8 nitrogen and oxygen atoms in total. The number of amides is 1. The van der Waals surface area contributed by atoms with Gasteiger partial charge < -0.3 is 5.32 Å². The van der Waals surface area contributed by atoms with Gasteiger partial charge in [-0.1, -0.05) is 30.7 Å². The Kier molecular flexibility index (Phi) is 7.94. The number of hydrogen-bond acceptors (Lipinski definition) is 5. The highest BCUT2D eigenvalue weighted by Gasteiger charge is 2.29. The van der Waals surface area contributed by atoms with Gasteiger partial charge in [0.15, 0.2) is 0 Å². The molecule has 0 unspecified atom stereocenters. The van der Waals surface area contributed by atoms with Crippen LogP contribution in [0.4, 0.5) is 11.4 Å². The third-order valence-electron chi connectivity index (χ3n) is 6.26. The third kappa shape index (κ3) is 6.32. The minimum atomic E-state index is -3.83. The van der Waals surface area contributed by atoms with Gasteiger partial charge in [0.1, 0.15) is 0 Å². The highest BCUT2D eigenvalue weighted by molar-refractivity contribution is 7.92. The van der Waals surface area contributed by atoms with Crippen LogP contribution < -0.4 is 10.0 Å². The molecule has 0 radical (unpaired) electrons. The number of rotatable bonds is 7. The van der Waals surface area contributed by atoms with Gasteiger partial charge in [-0.2, -0.15) is 4.31 Å². The monoisotopic (exact) mass is 561 g/mol. The molecule has 1 fully saturated rings. The Labute approximate surface area is 222 Å². The van der Waals surface area contributed by atoms with E-state index in [1.807, 2.05) is 13.0 Å². The van der Waals surface area contributed by atoms with E-state index >= 15 is 0 Å². The van der Waals surface area contributed by atoms with Crippen LogP contribution in [0.25, 0.3) is 0 Å². The first-order valence-electron chi connectivity index (χ1n) is 11.8. The fourth-order valence-electron chi connectivity index (χ4n) is 4.05. The Morgan fingerprint density at radius 2 is 1.54 bits per heavy atom. The van der Waals surface area contributed by atoms with Crippen LogP contribution in [-0.4, -0.2) is 40.1 Å². The van der Waals surface area contributed by atoms with E-state index in [1.165, 1.54) is 46.8 Å². The zero-order valence-electron chi connectivity index (χ0n) is 20.4. The van der Waals surface area contributed by atoms with Gasteiger partial charge in [-0.25, -0.2) is 16.8 Å². The van der Waals surface area contributed by atoms with Crippen LogP contribution in [-0.2, 0) is 20.0 Å². The number of carbonyl (C=O) groups excluding carboxylic acids is 1. The first kappa shape index (κ1) is 27.1. The van der Waals surface area contributed by atoms with Crippen molar-refractivity contribution in [3.63, 3.8) is 0 Å². The van der Waals surface area contributed by atoms with Crippen molar-refractivity contribution in [2.24, 2.45) is 5.92 Å². The fraction of sp³-hybridized carbons (Fsp3) is 0.269. The second-order valence-electron chi connectivity index (χ2n) is 9.18. The molecule has 1 aliphatic heterocycles. The number of halogens is 1. The predicted octanol–water partition coefficient (Wildman–Crippen LogP) is 5.12. The smallest absolute Gasteiger partial charge is 0.261 e. The molecule has 0 saturated carbocycles. The van der Waals surface area contributed by atoms with E-state index in [2.05, 4.69) is 17.0 Å². The van der Waals surface area contributed by atoms with E-state index in [0.29, 0.717) is 30.4 Å². The van der Waals surface area contributed by atoms with Gasteiger partial charge in [-0.3, -0.25) is 9.52 Å². The highest BCUT2D eigenvalue weighted by Crippen LogP contribution is 2.27. The summed E-state index contributed by atoms with van der Waals surface area (Å²) in [6.07, 6.45) is 1.57. The van der Waals surface area contributed by atoms with Crippen molar-refractivity contribution in [1.29, 1.82) is 0 Å². The summed E-state index contributed by atoms with van der Waals surface area (Å²) in [5.41, 5.74) is 1.69. The van der Waals surface area contributed by atoms with Crippen LogP contribution in [0.5, 0.6) is 0 Å². The van der Waals surface area contributed by atoms with Gasteiger partial charge in [-0.15, -0.1) is 0 Å². The molecule has 0 aliphatic carbocycles. The summed E-state index contributed by atoms with van der Waals surface area (Å²) < 4.78 is 55.6. The zero-order valence-corrected chi connectivity index (χ0v) is 22.8. The molecule has 11 heteroatoms. The molecule has 0 atom stereocenters. The Balaban J connectivity index is 1.49. The van der Waals surface area contributed by atoms with Crippen LogP contribution >= 0.6 is 11.6 Å². The fourth-order valence-corrected chi connectivity index (χ4v) is 6.80. The summed E-state index contributed by atoms with van der Waals surface area (Å²) in [5.74, 6) is -0.138. The van der Waals surface area contributed by atoms with Crippen molar-refractivity contribution in [2.75, 3.05) is 23.1 Å². The molecule has 1 aliphatic rings. The molecule has 3 aromatic carbocycles. The average Bonchev–Trinajstić information content (AvgIpc) is 2.84. The topological polar surface area (TPSA) is 113 Å². The zero-order chi connectivity index (χ0) is 26.8. The number of sulfonamides is 2. The molecule has 1 amide bonds. The van der Waals surface area contributed by atoms with E-state index in [1.54, 1.807) is 18.2 Å². The van der Waals surface area contributed by atoms with E-state index in [9.17, 15) is 21.6 Å². The molecule has 3 aromatic rings. The minimum absolute atomic E-state index is 0.000248. The van der Waals surface area contributed by atoms with Crippen LogP contribution in [0.3, 0.4) is 0 Å². The summed E-state index contributed by atoms with van der Waals surface area (Å²) in [4.78, 5) is 13.0. The first-order chi connectivity index (χ1) is 17.5. The van der Waals surface area contributed by atoms with Crippen LogP contribution in [0.2, 0.25) is 5.02 Å². The Hall–Kier alpha value is -2.92. The highest BCUT2D eigenvalue weighted by atomic mass is 35.5. The van der Waals surface area contributed by atoms with E-state index in [-0.39, 0.29) is 20.4 Å². The van der Waals surface area contributed by atoms with Crippen molar-refractivity contribution < 1.29 is 21.6 Å². The number of nitrogens with one attached hydrogen (secondary N) is 2. The van der Waals surface area contributed by atoms with Crippen molar-refractivity contribution in [3.8, 4) is 0 Å². The minimum Gasteiger partial charge on any atom is -0.322 e. The summed E-state index contributed by atoms with van der Waals surface area (Å²) in [6.45, 7) is 4.82. The molecule has 0 aromatic heterocycles.